The van der Waals surface area contributed by atoms with Gasteiger partial charge in [-0.3, -0.25) is 4.79 Å². The number of nitrogens with one attached hydrogen (secondary N) is 1. The van der Waals surface area contributed by atoms with E-state index in [9.17, 15) is 4.79 Å². The lowest BCUT2D eigenvalue weighted by molar-refractivity contribution is -0.122. The second-order valence-electron chi connectivity index (χ2n) is 5.57. The molecule has 0 aliphatic rings. The Balaban J connectivity index is 1.76. The lowest BCUT2D eigenvalue weighted by atomic mass is 10.2. The van der Waals surface area contributed by atoms with Crippen LogP contribution in [0.3, 0.4) is 0 Å². The van der Waals surface area contributed by atoms with Gasteiger partial charge in [0.1, 0.15) is 23.7 Å². The van der Waals surface area contributed by atoms with Crippen LogP contribution in [0, 0.1) is 25.2 Å². The van der Waals surface area contributed by atoms with Crippen LogP contribution in [0.1, 0.15) is 23.8 Å². The number of furan rings is 1. The first-order valence-corrected chi connectivity index (χ1v) is 7.68. The zero-order valence-electron chi connectivity index (χ0n) is 14.0. The van der Waals surface area contributed by atoms with Crippen molar-refractivity contribution < 1.29 is 13.9 Å². The minimum atomic E-state index is -0.744. The molecule has 0 spiro atoms. The van der Waals surface area contributed by atoms with Crippen molar-refractivity contribution >= 4 is 22.8 Å². The molecule has 3 aromatic rings. The van der Waals surface area contributed by atoms with Crippen molar-refractivity contribution in [3.8, 4) is 11.8 Å². The maximum atomic E-state index is 12.4. The zero-order chi connectivity index (χ0) is 18.0. The van der Waals surface area contributed by atoms with E-state index in [0.717, 1.165) is 11.3 Å². The van der Waals surface area contributed by atoms with E-state index in [1.54, 1.807) is 31.2 Å². The molecule has 0 saturated heterocycles. The van der Waals surface area contributed by atoms with E-state index in [0.29, 0.717) is 28.2 Å². The van der Waals surface area contributed by atoms with Crippen LogP contribution in [-0.2, 0) is 4.79 Å². The Morgan fingerprint density at radius 3 is 2.68 bits per heavy atom. The predicted molar refractivity (Wildman–Crippen MR) is 91.2 cm³/mol. The molecule has 2 heterocycles. The number of aryl methyl sites for hydroxylation is 2. The van der Waals surface area contributed by atoms with Crippen molar-refractivity contribution in [1.82, 2.24) is 9.97 Å². The lowest BCUT2D eigenvalue weighted by Gasteiger charge is -2.14. The molecule has 7 heteroatoms. The summed E-state index contributed by atoms with van der Waals surface area (Å²) in [6.45, 7) is 5.36. The van der Waals surface area contributed by atoms with Gasteiger partial charge in [-0.2, -0.15) is 5.26 Å². The van der Waals surface area contributed by atoms with Gasteiger partial charge in [0.25, 0.3) is 5.91 Å². The highest BCUT2D eigenvalue weighted by molar-refractivity contribution is 6.01. The Bertz CT molecular complexity index is 970. The fourth-order valence-corrected chi connectivity index (χ4v) is 2.36. The molecule has 1 aromatic carbocycles. The number of aromatic nitrogens is 2. The standard InChI is InChI=1S/C18H16N4O3/c1-10-11(2)25-18-15(10)16(20-9-21-18)22-17(23)12(3)24-14-6-4-13(8-19)5-7-14/h4-7,9,12H,1-3H3,(H,20,21,22,23)/t12-/m1/s1. The molecule has 25 heavy (non-hydrogen) atoms. The van der Waals surface area contributed by atoms with Crippen LogP contribution in [0.2, 0.25) is 0 Å². The van der Waals surface area contributed by atoms with Crippen molar-refractivity contribution in [3.05, 3.63) is 47.5 Å². The lowest BCUT2D eigenvalue weighted by Crippen LogP contribution is -2.30. The first-order valence-electron chi connectivity index (χ1n) is 7.68. The fraction of sp³-hybridized carbons (Fsp3) is 0.222. The number of ether oxygens (including phenoxy) is 1. The molecule has 0 saturated carbocycles. The molecular formula is C18H16N4O3. The van der Waals surface area contributed by atoms with Crippen molar-refractivity contribution in [2.75, 3.05) is 5.32 Å². The summed E-state index contributed by atoms with van der Waals surface area (Å²) in [5, 5.41) is 12.2. The number of carbonyl (C=O) groups excluding carboxylic acids is 1. The Morgan fingerprint density at radius 2 is 2.00 bits per heavy atom. The molecule has 1 atom stereocenters. The van der Waals surface area contributed by atoms with Gasteiger partial charge in [-0.1, -0.05) is 0 Å². The monoisotopic (exact) mass is 336 g/mol. The summed E-state index contributed by atoms with van der Waals surface area (Å²) in [7, 11) is 0. The number of anilines is 1. The number of carbonyl (C=O) groups is 1. The number of nitriles is 1. The summed E-state index contributed by atoms with van der Waals surface area (Å²) in [5.41, 5.74) is 1.84. The van der Waals surface area contributed by atoms with E-state index >= 15 is 0 Å². The summed E-state index contributed by atoms with van der Waals surface area (Å²) in [6.07, 6.45) is 0.596. The summed E-state index contributed by atoms with van der Waals surface area (Å²) < 4.78 is 11.1. The number of rotatable bonds is 4. The summed E-state index contributed by atoms with van der Waals surface area (Å²) >= 11 is 0. The Morgan fingerprint density at radius 1 is 1.28 bits per heavy atom. The third-order valence-electron chi connectivity index (χ3n) is 3.87. The minimum absolute atomic E-state index is 0.345. The second kappa shape index (κ2) is 6.61. The van der Waals surface area contributed by atoms with Gasteiger partial charge >= 0.3 is 0 Å². The summed E-state index contributed by atoms with van der Waals surface area (Å²) in [5.74, 6) is 1.28. The van der Waals surface area contributed by atoms with Crippen LogP contribution in [0.15, 0.2) is 35.0 Å². The van der Waals surface area contributed by atoms with Crippen molar-refractivity contribution in [3.63, 3.8) is 0 Å². The fourth-order valence-electron chi connectivity index (χ4n) is 2.36. The Kier molecular flexibility index (Phi) is 4.35. The number of amides is 1. The molecule has 0 fully saturated rings. The molecule has 1 N–H and O–H groups in total. The van der Waals surface area contributed by atoms with Crippen LogP contribution in [0.5, 0.6) is 5.75 Å². The van der Waals surface area contributed by atoms with Gasteiger partial charge in [-0.25, -0.2) is 9.97 Å². The van der Waals surface area contributed by atoms with Gasteiger partial charge < -0.3 is 14.5 Å². The number of fused-ring (bicyclic) bond motifs is 1. The SMILES string of the molecule is Cc1oc2ncnc(NC(=O)[C@@H](C)Oc3ccc(C#N)cc3)c2c1C. The van der Waals surface area contributed by atoms with Crippen molar-refractivity contribution in [2.24, 2.45) is 0 Å². The Labute approximate surface area is 144 Å². The maximum absolute atomic E-state index is 12.4. The van der Waals surface area contributed by atoms with E-state index < -0.39 is 6.10 Å². The molecule has 0 unspecified atom stereocenters. The van der Waals surface area contributed by atoms with Crippen LogP contribution in [-0.4, -0.2) is 22.0 Å². The van der Waals surface area contributed by atoms with Gasteiger partial charge in [0.15, 0.2) is 6.10 Å². The van der Waals surface area contributed by atoms with Gasteiger partial charge in [0, 0.05) is 5.56 Å². The highest BCUT2D eigenvalue weighted by atomic mass is 16.5. The van der Waals surface area contributed by atoms with E-state index in [-0.39, 0.29) is 5.91 Å². The number of benzene rings is 1. The second-order valence-corrected chi connectivity index (χ2v) is 5.57. The van der Waals surface area contributed by atoms with E-state index in [1.807, 2.05) is 19.9 Å². The first kappa shape index (κ1) is 16.5. The molecule has 1 amide bonds. The molecule has 126 valence electrons. The summed E-state index contributed by atoms with van der Waals surface area (Å²) in [6, 6.07) is 8.59. The topological polar surface area (TPSA) is 101 Å². The van der Waals surface area contributed by atoms with E-state index in [4.69, 9.17) is 14.4 Å². The van der Waals surface area contributed by atoms with Gasteiger partial charge in [0.05, 0.1) is 17.0 Å². The van der Waals surface area contributed by atoms with Gasteiger partial charge in [0.2, 0.25) is 5.71 Å². The normalized spacial score (nSPS) is 11.8. The molecule has 7 nitrogen and oxygen atoms in total. The van der Waals surface area contributed by atoms with E-state index in [1.165, 1.54) is 6.33 Å². The summed E-state index contributed by atoms with van der Waals surface area (Å²) in [4.78, 5) is 20.6. The van der Waals surface area contributed by atoms with Gasteiger partial charge in [-0.15, -0.1) is 0 Å². The highest BCUT2D eigenvalue weighted by Gasteiger charge is 2.19. The van der Waals surface area contributed by atoms with Crippen LogP contribution in [0.25, 0.3) is 11.1 Å². The molecule has 3 rings (SSSR count). The average Bonchev–Trinajstić information content (AvgIpc) is 2.90. The van der Waals surface area contributed by atoms with Crippen LogP contribution < -0.4 is 10.1 Å². The molecule has 0 radical (unpaired) electrons. The minimum Gasteiger partial charge on any atom is -0.481 e. The van der Waals surface area contributed by atoms with Crippen LogP contribution in [0.4, 0.5) is 5.82 Å². The largest absolute Gasteiger partial charge is 0.481 e. The van der Waals surface area contributed by atoms with Crippen LogP contribution >= 0.6 is 0 Å². The van der Waals surface area contributed by atoms with Crippen molar-refractivity contribution in [2.45, 2.75) is 26.9 Å². The third-order valence-corrected chi connectivity index (χ3v) is 3.87. The molecular weight excluding hydrogens is 320 g/mol. The molecule has 0 aliphatic heterocycles. The molecule has 0 bridgehead atoms. The predicted octanol–water partition coefficient (Wildman–Crippen LogP) is 3.12. The average molecular weight is 336 g/mol. The van der Waals surface area contributed by atoms with E-state index in [2.05, 4.69) is 15.3 Å². The molecule has 2 aromatic heterocycles. The smallest absolute Gasteiger partial charge is 0.266 e. The highest BCUT2D eigenvalue weighted by Crippen LogP contribution is 2.28. The quantitative estimate of drug-likeness (QED) is 0.785. The number of hydrogen-bond acceptors (Lipinski definition) is 6. The number of nitrogens with zero attached hydrogens (tertiary/aromatic N) is 3. The zero-order valence-corrected chi connectivity index (χ0v) is 14.0. The third kappa shape index (κ3) is 3.28. The van der Waals surface area contributed by atoms with Crippen molar-refractivity contribution in [1.29, 1.82) is 5.26 Å². The Hall–Kier alpha value is -3.40. The van der Waals surface area contributed by atoms with Gasteiger partial charge in [-0.05, 0) is 45.0 Å². The number of hydrogen-bond donors (Lipinski definition) is 1. The maximum Gasteiger partial charge on any atom is 0.266 e. The first-order chi connectivity index (χ1) is 12.0. The molecule has 0 aliphatic carbocycles.